The van der Waals surface area contributed by atoms with E-state index in [0.717, 1.165) is 31.0 Å². The molecule has 86 valence electrons. The number of hydrogen-bond donors (Lipinski definition) is 1. The molecule has 5 heteroatoms. The van der Waals surface area contributed by atoms with Crippen LogP contribution in [0.25, 0.3) is 0 Å². The Morgan fingerprint density at radius 2 is 2.31 bits per heavy atom. The summed E-state index contributed by atoms with van der Waals surface area (Å²) in [6.07, 6.45) is 5.83. The largest absolute Gasteiger partial charge is 0.345 e. The number of aryl methyl sites for hydroxylation is 1. The molecule has 0 unspecified atom stereocenters. The van der Waals surface area contributed by atoms with E-state index in [1.54, 1.807) is 0 Å². The van der Waals surface area contributed by atoms with Crippen LogP contribution in [-0.2, 0) is 24.3 Å². The number of carbonyl (C=O) groups excluding carboxylic acids is 1. The number of hydrogen-bond acceptors (Lipinski definition) is 3. The molecule has 16 heavy (non-hydrogen) atoms. The third kappa shape index (κ3) is 2.29. The fraction of sp³-hybridized carbons (Fsp3) is 0.545. The van der Waals surface area contributed by atoms with Gasteiger partial charge >= 0.3 is 0 Å². The molecule has 1 aromatic rings. The van der Waals surface area contributed by atoms with Crippen LogP contribution < -0.4 is 5.32 Å². The maximum Gasteiger partial charge on any atom is 0.243 e. The molecule has 1 N–H and O–H groups in total. The number of aromatic nitrogens is 3. The highest BCUT2D eigenvalue weighted by molar-refractivity contribution is 5.86. The molecule has 2 rings (SSSR count). The molecule has 2 heterocycles. The number of carbonyl (C=O) groups is 1. The van der Waals surface area contributed by atoms with Crippen LogP contribution in [0.5, 0.6) is 0 Å². The average Bonchev–Trinajstić information content (AvgIpc) is 2.54. The summed E-state index contributed by atoms with van der Waals surface area (Å²) >= 11 is 0. The zero-order chi connectivity index (χ0) is 11.4. The first kappa shape index (κ1) is 10.9. The van der Waals surface area contributed by atoms with Gasteiger partial charge in [0.25, 0.3) is 0 Å². The van der Waals surface area contributed by atoms with Gasteiger partial charge in [0.15, 0.2) is 5.82 Å². The maximum absolute atomic E-state index is 11.1. The van der Waals surface area contributed by atoms with Crippen molar-refractivity contribution in [1.82, 2.24) is 20.1 Å². The van der Waals surface area contributed by atoms with E-state index in [2.05, 4.69) is 26.7 Å². The molecule has 0 radical (unpaired) electrons. The van der Waals surface area contributed by atoms with Crippen molar-refractivity contribution in [3.63, 3.8) is 0 Å². The number of nitrogens with one attached hydrogen (secondary N) is 1. The van der Waals surface area contributed by atoms with Crippen molar-refractivity contribution in [2.24, 2.45) is 0 Å². The highest BCUT2D eigenvalue weighted by atomic mass is 16.1. The molecule has 0 saturated carbocycles. The summed E-state index contributed by atoms with van der Waals surface area (Å²) in [5, 5.41) is 11.0. The molecular weight excluding hydrogens is 204 g/mol. The number of rotatable bonds is 3. The van der Waals surface area contributed by atoms with Crippen LogP contribution in [0.3, 0.4) is 0 Å². The lowest BCUT2D eigenvalue weighted by Gasteiger charge is -2.06. The van der Waals surface area contributed by atoms with E-state index in [1.807, 2.05) is 0 Å². The Kier molecular flexibility index (Phi) is 3.34. The molecule has 0 bridgehead atoms. The fourth-order valence-corrected chi connectivity index (χ4v) is 1.91. The Balaban J connectivity index is 2.07. The standard InChI is InChI=1S/C11H16N4O/c1-2-11(16)12-8-10-14-13-9-6-4-3-5-7-15(9)10/h2H,1,3-8H2,(H,12,16). The average molecular weight is 220 g/mol. The van der Waals surface area contributed by atoms with E-state index in [9.17, 15) is 4.79 Å². The highest BCUT2D eigenvalue weighted by Gasteiger charge is 2.14. The SMILES string of the molecule is C=CC(=O)NCc1nnc2n1CCCCC2. The predicted molar refractivity (Wildman–Crippen MR) is 59.6 cm³/mol. The third-order valence-corrected chi connectivity index (χ3v) is 2.79. The van der Waals surface area contributed by atoms with E-state index in [1.165, 1.54) is 18.9 Å². The van der Waals surface area contributed by atoms with Crippen LogP contribution in [0.15, 0.2) is 12.7 Å². The summed E-state index contributed by atoms with van der Waals surface area (Å²) < 4.78 is 2.12. The van der Waals surface area contributed by atoms with Gasteiger partial charge in [-0.05, 0) is 18.9 Å². The van der Waals surface area contributed by atoms with Crippen molar-refractivity contribution < 1.29 is 4.79 Å². The highest BCUT2D eigenvalue weighted by Crippen LogP contribution is 2.14. The Labute approximate surface area is 94.6 Å². The Hall–Kier alpha value is -1.65. The summed E-state index contributed by atoms with van der Waals surface area (Å²) in [4.78, 5) is 11.1. The van der Waals surface area contributed by atoms with Gasteiger partial charge in [0.2, 0.25) is 5.91 Å². The number of fused-ring (bicyclic) bond motifs is 1. The molecule has 1 aliphatic rings. The monoisotopic (exact) mass is 220 g/mol. The van der Waals surface area contributed by atoms with Gasteiger partial charge in [-0.25, -0.2) is 0 Å². The lowest BCUT2D eigenvalue weighted by molar-refractivity contribution is -0.116. The van der Waals surface area contributed by atoms with E-state index in [4.69, 9.17) is 0 Å². The second-order valence-electron chi connectivity index (χ2n) is 3.92. The first-order chi connectivity index (χ1) is 7.81. The van der Waals surface area contributed by atoms with Crippen molar-refractivity contribution >= 4 is 5.91 Å². The second kappa shape index (κ2) is 4.92. The molecule has 1 aromatic heterocycles. The molecule has 1 amide bonds. The maximum atomic E-state index is 11.1. The van der Waals surface area contributed by atoms with Gasteiger partial charge in [-0.3, -0.25) is 4.79 Å². The van der Waals surface area contributed by atoms with Gasteiger partial charge in [0, 0.05) is 13.0 Å². The topological polar surface area (TPSA) is 59.8 Å². The zero-order valence-corrected chi connectivity index (χ0v) is 9.28. The summed E-state index contributed by atoms with van der Waals surface area (Å²) in [5.74, 6) is 1.71. The van der Waals surface area contributed by atoms with Crippen LogP contribution >= 0.6 is 0 Å². The lowest BCUT2D eigenvalue weighted by atomic mass is 10.2. The first-order valence-corrected chi connectivity index (χ1v) is 5.62. The fourth-order valence-electron chi connectivity index (χ4n) is 1.91. The summed E-state index contributed by atoms with van der Waals surface area (Å²) in [7, 11) is 0. The van der Waals surface area contributed by atoms with E-state index in [0.29, 0.717) is 6.54 Å². The van der Waals surface area contributed by atoms with Crippen LogP contribution in [0, 0.1) is 0 Å². The van der Waals surface area contributed by atoms with E-state index in [-0.39, 0.29) is 5.91 Å². The van der Waals surface area contributed by atoms with Gasteiger partial charge in [0.05, 0.1) is 6.54 Å². The quantitative estimate of drug-likeness (QED) is 0.767. The first-order valence-electron chi connectivity index (χ1n) is 5.62. The van der Waals surface area contributed by atoms with Crippen LogP contribution in [-0.4, -0.2) is 20.7 Å². The minimum absolute atomic E-state index is 0.175. The Morgan fingerprint density at radius 1 is 1.44 bits per heavy atom. The minimum atomic E-state index is -0.175. The van der Waals surface area contributed by atoms with Gasteiger partial charge < -0.3 is 9.88 Å². The summed E-state index contributed by atoms with van der Waals surface area (Å²) in [5.41, 5.74) is 0. The molecule has 0 spiro atoms. The van der Waals surface area contributed by atoms with Crippen molar-refractivity contribution in [3.05, 3.63) is 24.3 Å². The predicted octanol–water partition coefficient (Wildman–Crippen LogP) is 0.807. The smallest absolute Gasteiger partial charge is 0.243 e. The summed E-state index contributed by atoms with van der Waals surface area (Å²) in [6, 6.07) is 0. The van der Waals surface area contributed by atoms with E-state index < -0.39 is 0 Å². The molecule has 0 saturated heterocycles. The normalized spacial score (nSPS) is 15.0. The van der Waals surface area contributed by atoms with Crippen molar-refractivity contribution in [2.75, 3.05) is 0 Å². The zero-order valence-electron chi connectivity index (χ0n) is 9.28. The molecule has 0 aromatic carbocycles. The molecular formula is C11H16N4O. The molecule has 0 aliphatic carbocycles. The number of nitrogens with zero attached hydrogens (tertiary/aromatic N) is 3. The molecule has 1 aliphatic heterocycles. The molecule has 5 nitrogen and oxygen atoms in total. The summed E-state index contributed by atoms with van der Waals surface area (Å²) in [6.45, 7) is 4.80. The van der Waals surface area contributed by atoms with Crippen LogP contribution in [0.1, 0.15) is 30.9 Å². The van der Waals surface area contributed by atoms with Crippen molar-refractivity contribution in [2.45, 2.75) is 38.8 Å². The van der Waals surface area contributed by atoms with Gasteiger partial charge in [-0.1, -0.05) is 13.0 Å². The van der Waals surface area contributed by atoms with E-state index >= 15 is 0 Å². The van der Waals surface area contributed by atoms with Crippen molar-refractivity contribution in [1.29, 1.82) is 0 Å². The number of amides is 1. The Bertz CT molecular complexity index is 397. The molecule has 0 fully saturated rings. The Morgan fingerprint density at radius 3 is 3.12 bits per heavy atom. The van der Waals surface area contributed by atoms with Crippen molar-refractivity contribution in [3.8, 4) is 0 Å². The van der Waals surface area contributed by atoms with Gasteiger partial charge in [-0.2, -0.15) is 0 Å². The molecule has 0 atom stereocenters. The van der Waals surface area contributed by atoms with Crippen LogP contribution in [0.4, 0.5) is 0 Å². The van der Waals surface area contributed by atoms with Gasteiger partial charge in [-0.15, -0.1) is 10.2 Å². The van der Waals surface area contributed by atoms with Gasteiger partial charge in [0.1, 0.15) is 5.82 Å². The van der Waals surface area contributed by atoms with Crippen LogP contribution in [0.2, 0.25) is 0 Å². The minimum Gasteiger partial charge on any atom is -0.345 e. The third-order valence-electron chi connectivity index (χ3n) is 2.79. The lowest BCUT2D eigenvalue weighted by Crippen LogP contribution is -2.22. The second-order valence-corrected chi connectivity index (χ2v) is 3.92.